The minimum atomic E-state index is 0. The normalized spacial score (nSPS) is 21.7. The molecule has 0 spiro atoms. The number of ether oxygens (including phenoxy) is 1. The summed E-state index contributed by atoms with van der Waals surface area (Å²) in [7, 11) is 0. The quantitative estimate of drug-likeness (QED) is 0.382. The molecule has 0 saturated carbocycles. The third-order valence-electron chi connectivity index (χ3n) is 7.89. The van der Waals surface area contributed by atoms with E-state index in [1.54, 1.807) is 0 Å². The molecule has 0 aliphatic carbocycles. The van der Waals surface area contributed by atoms with Crippen molar-refractivity contribution in [3.8, 4) is 0 Å². The lowest BCUT2D eigenvalue weighted by atomic mass is 10.1. The van der Waals surface area contributed by atoms with E-state index in [4.69, 9.17) is 4.74 Å². The van der Waals surface area contributed by atoms with Crippen molar-refractivity contribution in [2.24, 2.45) is 0 Å². The SMILES string of the molecule is C.C.CC(C)N1CCCC1.CC(C)N1CCCCC1.CC(C)N1CCCCC1.CC(C)N1CCOCC1. The van der Waals surface area contributed by atoms with Gasteiger partial charge < -0.3 is 19.4 Å². The van der Waals surface area contributed by atoms with Crippen molar-refractivity contribution in [1.29, 1.82) is 0 Å². The van der Waals surface area contributed by atoms with E-state index in [0.717, 1.165) is 44.4 Å². The van der Waals surface area contributed by atoms with E-state index < -0.39 is 0 Å². The number of morpholine rings is 1. The van der Waals surface area contributed by atoms with Gasteiger partial charge in [-0.2, -0.15) is 0 Å². The van der Waals surface area contributed by atoms with Crippen LogP contribution >= 0.6 is 0 Å². The lowest BCUT2D eigenvalue weighted by molar-refractivity contribution is 0.0238. The third-order valence-corrected chi connectivity index (χ3v) is 7.89. The van der Waals surface area contributed by atoms with Crippen LogP contribution in [0.5, 0.6) is 0 Å². The van der Waals surface area contributed by atoms with Gasteiger partial charge >= 0.3 is 0 Å². The summed E-state index contributed by atoms with van der Waals surface area (Å²) in [5.74, 6) is 0. The first-order chi connectivity index (χ1) is 16.7. The van der Waals surface area contributed by atoms with E-state index in [-0.39, 0.29) is 14.9 Å². The third kappa shape index (κ3) is 18.7. The second kappa shape index (κ2) is 23.7. The fraction of sp³-hybridized carbons (Fsp3) is 1.00. The van der Waals surface area contributed by atoms with E-state index in [9.17, 15) is 0 Å². The van der Waals surface area contributed by atoms with Gasteiger partial charge in [0.15, 0.2) is 0 Å². The van der Waals surface area contributed by atoms with Crippen LogP contribution in [0.4, 0.5) is 0 Å². The molecule has 0 aromatic carbocycles. The molecule has 4 aliphatic rings. The molecule has 37 heavy (non-hydrogen) atoms. The van der Waals surface area contributed by atoms with Gasteiger partial charge in [-0.25, -0.2) is 0 Å². The van der Waals surface area contributed by atoms with Crippen LogP contribution in [0.2, 0.25) is 0 Å². The maximum Gasteiger partial charge on any atom is 0.0594 e. The molecule has 5 heteroatoms. The molecular formula is C32H72N4O. The molecule has 4 fully saturated rings. The average Bonchev–Trinajstić information content (AvgIpc) is 3.43. The number of hydrogen-bond donors (Lipinski definition) is 0. The fourth-order valence-electron chi connectivity index (χ4n) is 5.22. The monoisotopic (exact) mass is 529 g/mol. The number of hydrogen-bond acceptors (Lipinski definition) is 5. The Bertz CT molecular complexity index is 407. The van der Waals surface area contributed by atoms with E-state index in [0.29, 0.717) is 6.04 Å². The molecule has 4 aliphatic heterocycles. The Morgan fingerprint density at radius 2 is 0.568 bits per heavy atom. The Hall–Kier alpha value is -0.200. The Balaban J connectivity index is 0. The average molecular weight is 529 g/mol. The lowest BCUT2D eigenvalue weighted by Crippen LogP contribution is -2.40. The van der Waals surface area contributed by atoms with Gasteiger partial charge in [-0.3, -0.25) is 4.90 Å². The number of likely N-dealkylation sites (tertiary alicyclic amines) is 3. The zero-order valence-electron chi connectivity index (χ0n) is 25.2. The van der Waals surface area contributed by atoms with E-state index in [1.807, 2.05) is 0 Å². The van der Waals surface area contributed by atoms with Crippen molar-refractivity contribution >= 4 is 0 Å². The summed E-state index contributed by atoms with van der Waals surface area (Å²) >= 11 is 0. The smallest absolute Gasteiger partial charge is 0.0594 e. The first-order valence-corrected chi connectivity index (χ1v) is 15.3. The molecule has 0 unspecified atom stereocenters. The molecule has 0 atom stereocenters. The Labute approximate surface area is 235 Å². The standard InChI is InChI=1S/2C8H17N.C7H15NO.C7H15N.2CH4/c2*1-8(2)9-6-4-3-5-7-9;1-7(2)8-3-5-9-6-4-8;1-7(2)8-5-3-4-6-8;;/h2*8H,3-7H2,1-2H3;7H,3-6H2,1-2H3;7H,3-6H2,1-2H3;2*1H4. The molecule has 0 amide bonds. The van der Waals surface area contributed by atoms with Crippen LogP contribution < -0.4 is 0 Å². The zero-order valence-corrected chi connectivity index (χ0v) is 25.2. The van der Waals surface area contributed by atoms with Gasteiger partial charge in [0, 0.05) is 37.3 Å². The van der Waals surface area contributed by atoms with Crippen LogP contribution in [-0.4, -0.2) is 109 Å². The topological polar surface area (TPSA) is 22.2 Å². The maximum atomic E-state index is 5.21. The Morgan fingerprint density at radius 1 is 0.351 bits per heavy atom. The van der Waals surface area contributed by atoms with Crippen LogP contribution in [-0.2, 0) is 4.74 Å². The highest BCUT2D eigenvalue weighted by atomic mass is 16.5. The molecule has 0 bridgehead atoms. The summed E-state index contributed by atoms with van der Waals surface area (Å²) < 4.78 is 5.21. The molecule has 4 heterocycles. The summed E-state index contributed by atoms with van der Waals surface area (Å²) in [6.07, 6.45) is 11.4. The van der Waals surface area contributed by atoms with Crippen molar-refractivity contribution in [3.05, 3.63) is 0 Å². The van der Waals surface area contributed by atoms with Gasteiger partial charge in [0.05, 0.1) is 13.2 Å². The Kier molecular flexibility index (Phi) is 24.9. The molecule has 0 N–H and O–H groups in total. The van der Waals surface area contributed by atoms with Gasteiger partial charge in [0.25, 0.3) is 0 Å². The largest absolute Gasteiger partial charge is 0.379 e. The van der Waals surface area contributed by atoms with Crippen LogP contribution in [0.15, 0.2) is 0 Å². The lowest BCUT2D eigenvalue weighted by Gasteiger charge is -2.29. The van der Waals surface area contributed by atoms with E-state index >= 15 is 0 Å². The summed E-state index contributed by atoms with van der Waals surface area (Å²) in [5.41, 5.74) is 0. The highest BCUT2D eigenvalue weighted by molar-refractivity contribution is 4.69. The second-order valence-corrected chi connectivity index (χ2v) is 12.0. The van der Waals surface area contributed by atoms with Gasteiger partial charge in [-0.05, 0) is 133 Å². The van der Waals surface area contributed by atoms with E-state index in [1.165, 1.54) is 90.6 Å². The second-order valence-electron chi connectivity index (χ2n) is 12.0. The van der Waals surface area contributed by atoms with Crippen LogP contribution in [0.1, 0.15) is 122 Å². The van der Waals surface area contributed by atoms with Crippen molar-refractivity contribution in [1.82, 2.24) is 19.6 Å². The predicted molar refractivity (Wildman–Crippen MR) is 168 cm³/mol. The predicted octanol–water partition coefficient (Wildman–Crippen LogP) is 7.25. The van der Waals surface area contributed by atoms with Crippen LogP contribution in [0.3, 0.4) is 0 Å². The molecular weight excluding hydrogens is 456 g/mol. The Morgan fingerprint density at radius 3 is 0.757 bits per heavy atom. The molecule has 4 saturated heterocycles. The van der Waals surface area contributed by atoms with Gasteiger partial charge in [-0.15, -0.1) is 0 Å². The molecule has 0 radical (unpaired) electrons. The number of piperidine rings is 2. The fourth-order valence-corrected chi connectivity index (χ4v) is 5.22. The maximum absolute atomic E-state index is 5.21. The molecule has 5 nitrogen and oxygen atoms in total. The minimum absolute atomic E-state index is 0. The summed E-state index contributed by atoms with van der Waals surface area (Å²) in [4.78, 5) is 10.1. The summed E-state index contributed by atoms with van der Waals surface area (Å²) in [5, 5.41) is 0. The summed E-state index contributed by atoms with van der Waals surface area (Å²) in [6.45, 7) is 30.2. The van der Waals surface area contributed by atoms with Crippen LogP contribution in [0.25, 0.3) is 0 Å². The van der Waals surface area contributed by atoms with Crippen molar-refractivity contribution < 1.29 is 4.74 Å². The van der Waals surface area contributed by atoms with Gasteiger partial charge in [-0.1, -0.05) is 27.7 Å². The zero-order chi connectivity index (χ0) is 26.1. The van der Waals surface area contributed by atoms with E-state index in [2.05, 4.69) is 75.0 Å². The molecule has 226 valence electrons. The van der Waals surface area contributed by atoms with Gasteiger partial charge in [0.1, 0.15) is 0 Å². The summed E-state index contributed by atoms with van der Waals surface area (Å²) in [6, 6.07) is 3.00. The number of rotatable bonds is 4. The number of nitrogens with zero attached hydrogens (tertiary/aromatic N) is 4. The highest BCUT2D eigenvalue weighted by Gasteiger charge is 2.14. The van der Waals surface area contributed by atoms with Gasteiger partial charge in [0.2, 0.25) is 0 Å². The highest BCUT2D eigenvalue weighted by Crippen LogP contribution is 2.12. The molecule has 4 rings (SSSR count). The first-order valence-electron chi connectivity index (χ1n) is 15.3. The first kappa shape index (κ1) is 38.9. The van der Waals surface area contributed by atoms with Crippen molar-refractivity contribution in [2.75, 3.05) is 65.6 Å². The molecule has 0 aromatic heterocycles. The molecule has 0 aromatic rings. The van der Waals surface area contributed by atoms with Crippen LogP contribution in [0, 0.1) is 0 Å². The van der Waals surface area contributed by atoms with Crippen molar-refractivity contribution in [2.45, 2.75) is 146 Å². The van der Waals surface area contributed by atoms with Crippen molar-refractivity contribution in [3.63, 3.8) is 0 Å². The minimum Gasteiger partial charge on any atom is -0.379 e.